The predicted octanol–water partition coefficient (Wildman–Crippen LogP) is 3.93. The van der Waals surface area contributed by atoms with Gasteiger partial charge in [-0.25, -0.2) is 0 Å². The molecule has 3 nitrogen and oxygen atoms in total. The molecule has 0 aromatic heterocycles. The molecule has 1 aromatic rings. The topological polar surface area (TPSA) is 48.8 Å². The van der Waals surface area contributed by atoms with E-state index in [1.807, 2.05) is 24.3 Å². The molecule has 0 saturated carbocycles. The average molecular weight is 175 g/mol. The third kappa shape index (κ3) is 2.23. The van der Waals surface area contributed by atoms with Gasteiger partial charge >= 0.3 is 0 Å². The maximum atomic E-state index is 8.37. The monoisotopic (exact) mass is 175 g/mol. The number of hydrogen-bond donors (Lipinski definition) is 0. The summed E-state index contributed by atoms with van der Waals surface area (Å²) in [5.41, 5.74) is 10.2. The quantitative estimate of drug-likeness (QED) is 0.353. The molecule has 1 aromatic carbocycles. The van der Waals surface area contributed by atoms with E-state index in [2.05, 4.69) is 30.8 Å². The summed E-state index contributed by atoms with van der Waals surface area (Å²) in [6.45, 7) is 6.29. The lowest BCUT2D eigenvalue weighted by Crippen LogP contribution is -2.10. The molecule has 0 heterocycles. The van der Waals surface area contributed by atoms with E-state index in [1.54, 1.807) is 0 Å². The van der Waals surface area contributed by atoms with Crippen LogP contribution in [0.15, 0.2) is 29.4 Å². The Balaban J connectivity index is 3.27. The fourth-order valence-electron chi connectivity index (χ4n) is 1.24. The van der Waals surface area contributed by atoms with Crippen molar-refractivity contribution in [3.63, 3.8) is 0 Å². The summed E-state index contributed by atoms with van der Waals surface area (Å²) in [6.07, 6.45) is 0. The van der Waals surface area contributed by atoms with Crippen LogP contribution in [0.2, 0.25) is 0 Å². The minimum Gasteiger partial charge on any atom is -0.0620 e. The predicted molar refractivity (Wildman–Crippen MR) is 53.9 cm³/mol. The molecule has 68 valence electrons. The van der Waals surface area contributed by atoms with Gasteiger partial charge < -0.3 is 0 Å². The van der Waals surface area contributed by atoms with Gasteiger partial charge in [-0.2, -0.15) is 0 Å². The first kappa shape index (κ1) is 9.62. The van der Waals surface area contributed by atoms with Crippen LogP contribution in [0.1, 0.15) is 26.3 Å². The number of benzene rings is 1. The van der Waals surface area contributed by atoms with Crippen molar-refractivity contribution in [3.8, 4) is 0 Å². The number of nitrogens with zero attached hydrogens (tertiary/aromatic N) is 3. The Morgan fingerprint density at radius 3 is 2.38 bits per heavy atom. The van der Waals surface area contributed by atoms with Gasteiger partial charge in [0.2, 0.25) is 0 Å². The molecule has 0 bridgehead atoms. The van der Waals surface area contributed by atoms with Gasteiger partial charge in [0.15, 0.2) is 0 Å². The Morgan fingerprint density at radius 2 is 1.85 bits per heavy atom. The zero-order valence-corrected chi connectivity index (χ0v) is 8.15. The van der Waals surface area contributed by atoms with Crippen molar-refractivity contribution < 1.29 is 0 Å². The van der Waals surface area contributed by atoms with E-state index in [1.165, 1.54) is 0 Å². The zero-order valence-electron chi connectivity index (χ0n) is 8.15. The lowest BCUT2D eigenvalue weighted by Gasteiger charge is -2.20. The van der Waals surface area contributed by atoms with Gasteiger partial charge in [-0.05, 0) is 16.5 Å². The van der Waals surface area contributed by atoms with Crippen LogP contribution in [-0.2, 0) is 5.41 Å². The van der Waals surface area contributed by atoms with Crippen LogP contribution in [0, 0.1) is 0 Å². The Hall–Kier alpha value is -1.47. The summed E-state index contributed by atoms with van der Waals surface area (Å²) >= 11 is 0. The van der Waals surface area contributed by atoms with Crippen molar-refractivity contribution in [2.75, 3.05) is 0 Å². The van der Waals surface area contributed by atoms with E-state index in [4.69, 9.17) is 5.53 Å². The van der Waals surface area contributed by atoms with Crippen LogP contribution in [0.3, 0.4) is 0 Å². The van der Waals surface area contributed by atoms with E-state index < -0.39 is 0 Å². The van der Waals surface area contributed by atoms with Gasteiger partial charge in [0.1, 0.15) is 0 Å². The smallest absolute Gasteiger partial charge is 0.0412 e. The van der Waals surface area contributed by atoms with Gasteiger partial charge in [0.25, 0.3) is 0 Å². The first-order valence-corrected chi connectivity index (χ1v) is 4.20. The van der Waals surface area contributed by atoms with Crippen molar-refractivity contribution in [2.45, 2.75) is 26.2 Å². The average Bonchev–Trinajstić information content (AvgIpc) is 2.04. The van der Waals surface area contributed by atoms with E-state index >= 15 is 0 Å². The van der Waals surface area contributed by atoms with Gasteiger partial charge in [-0.15, -0.1) is 0 Å². The molecule has 0 fully saturated rings. The Kier molecular flexibility index (Phi) is 2.59. The molecule has 1 rings (SSSR count). The summed E-state index contributed by atoms with van der Waals surface area (Å²) in [6, 6.07) is 7.65. The zero-order chi connectivity index (χ0) is 9.90. The molecule has 0 saturated heterocycles. The van der Waals surface area contributed by atoms with E-state index in [0.717, 1.165) is 11.3 Å². The lowest BCUT2D eigenvalue weighted by molar-refractivity contribution is 0.591. The first-order chi connectivity index (χ1) is 6.05. The molecular formula is C10H13N3. The highest BCUT2D eigenvalue weighted by Crippen LogP contribution is 2.30. The molecule has 13 heavy (non-hydrogen) atoms. The van der Waals surface area contributed by atoms with Crippen molar-refractivity contribution in [1.82, 2.24) is 0 Å². The van der Waals surface area contributed by atoms with Crippen molar-refractivity contribution >= 4 is 5.69 Å². The van der Waals surface area contributed by atoms with E-state index in [9.17, 15) is 0 Å². The normalized spacial score (nSPS) is 10.7. The van der Waals surface area contributed by atoms with Crippen LogP contribution in [0.25, 0.3) is 10.4 Å². The second-order valence-electron chi connectivity index (χ2n) is 3.96. The third-order valence-electron chi connectivity index (χ3n) is 1.86. The third-order valence-corrected chi connectivity index (χ3v) is 1.86. The highest BCUT2D eigenvalue weighted by molar-refractivity contribution is 5.49. The maximum absolute atomic E-state index is 8.37. The van der Waals surface area contributed by atoms with Gasteiger partial charge in [-0.3, -0.25) is 0 Å². The summed E-state index contributed by atoms with van der Waals surface area (Å²) in [5, 5.41) is 3.65. The maximum Gasteiger partial charge on any atom is 0.0412 e. The van der Waals surface area contributed by atoms with Crippen molar-refractivity contribution in [3.05, 3.63) is 40.3 Å². The summed E-state index contributed by atoms with van der Waals surface area (Å²) in [7, 11) is 0. The van der Waals surface area contributed by atoms with Crippen LogP contribution in [0.5, 0.6) is 0 Å². The van der Waals surface area contributed by atoms with Gasteiger partial charge in [0, 0.05) is 10.6 Å². The fourth-order valence-corrected chi connectivity index (χ4v) is 1.24. The minimum atomic E-state index is 0.0186. The summed E-state index contributed by atoms with van der Waals surface area (Å²) < 4.78 is 0. The molecule has 0 aliphatic heterocycles. The van der Waals surface area contributed by atoms with Crippen LogP contribution < -0.4 is 0 Å². The van der Waals surface area contributed by atoms with Gasteiger partial charge in [0.05, 0.1) is 0 Å². The Morgan fingerprint density at radius 1 is 1.23 bits per heavy atom. The Bertz CT molecular complexity index is 343. The highest BCUT2D eigenvalue weighted by atomic mass is 15.1. The first-order valence-electron chi connectivity index (χ1n) is 4.20. The van der Waals surface area contributed by atoms with E-state index in [0.29, 0.717) is 0 Å². The van der Waals surface area contributed by atoms with Crippen molar-refractivity contribution in [2.24, 2.45) is 5.11 Å². The van der Waals surface area contributed by atoms with Crippen LogP contribution >= 0.6 is 0 Å². The molecular weight excluding hydrogens is 162 g/mol. The van der Waals surface area contributed by atoms with Crippen LogP contribution in [-0.4, -0.2) is 0 Å². The summed E-state index contributed by atoms with van der Waals surface area (Å²) in [4.78, 5) is 2.81. The number of hydrogen-bond acceptors (Lipinski definition) is 1. The van der Waals surface area contributed by atoms with Crippen molar-refractivity contribution in [1.29, 1.82) is 0 Å². The minimum absolute atomic E-state index is 0.0186. The largest absolute Gasteiger partial charge is 0.0620 e. The highest BCUT2D eigenvalue weighted by Gasteiger charge is 2.15. The second-order valence-corrected chi connectivity index (χ2v) is 3.96. The SMILES string of the molecule is CC(C)(C)c1ccccc1N=[N+]=[N-]. The molecule has 0 spiro atoms. The fraction of sp³-hybridized carbons (Fsp3) is 0.400. The molecule has 0 atom stereocenters. The Labute approximate surface area is 78.0 Å². The number of rotatable bonds is 1. The lowest BCUT2D eigenvalue weighted by atomic mass is 9.86. The second kappa shape index (κ2) is 3.50. The molecule has 0 aliphatic carbocycles. The molecule has 3 heteroatoms. The molecule has 0 amide bonds. The molecule has 0 unspecified atom stereocenters. The molecule has 0 N–H and O–H groups in total. The van der Waals surface area contributed by atoms with Gasteiger partial charge in [-0.1, -0.05) is 50.2 Å². The molecule has 0 aliphatic rings. The van der Waals surface area contributed by atoms with E-state index in [-0.39, 0.29) is 5.41 Å². The standard InChI is InChI=1S/C10H13N3/c1-10(2,3)8-6-4-5-7-9(8)12-13-11/h4-7H,1-3H3. The van der Waals surface area contributed by atoms with Crippen LogP contribution in [0.4, 0.5) is 5.69 Å². The number of azide groups is 1. The molecule has 0 radical (unpaired) electrons. The summed E-state index contributed by atoms with van der Waals surface area (Å²) in [5.74, 6) is 0.